The van der Waals surface area contributed by atoms with E-state index in [1.165, 1.54) is 0 Å². The summed E-state index contributed by atoms with van der Waals surface area (Å²) in [5.41, 5.74) is 5.94. The monoisotopic (exact) mass is 157 g/mol. The van der Waals surface area contributed by atoms with Gasteiger partial charge in [0, 0.05) is 0 Å². The Hall–Kier alpha value is -0.0800. The predicted molar refractivity (Wildman–Crippen MR) is 46.3 cm³/mol. The van der Waals surface area contributed by atoms with Gasteiger partial charge >= 0.3 is 0 Å². The van der Waals surface area contributed by atoms with Crippen LogP contribution in [0.2, 0.25) is 0 Å². The van der Waals surface area contributed by atoms with Crippen LogP contribution in [0, 0.1) is 11.8 Å². The van der Waals surface area contributed by atoms with Crippen LogP contribution in [0.5, 0.6) is 0 Å². The van der Waals surface area contributed by atoms with E-state index in [-0.39, 0.29) is 6.04 Å². The minimum atomic E-state index is 0.259. The van der Waals surface area contributed by atoms with E-state index in [0.717, 1.165) is 0 Å². The van der Waals surface area contributed by atoms with Crippen molar-refractivity contribution < 1.29 is 4.74 Å². The van der Waals surface area contributed by atoms with Crippen molar-refractivity contribution in [3.8, 4) is 0 Å². The largest absolute Gasteiger partial charge is 0.371 e. The zero-order valence-electron chi connectivity index (χ0n) is 7.87. The van der Waals surface area contributed by atoms with E-state index in [2.05, 4.69) is 27.7 Å². The molecule has 1 aliphatic rings. The molecule has 1 saturated heterocycles. The van der Waals surface area contributed by atoms with Crippen molar-refractivity contribution in [2.24, 2.45) is 17.6 Å². The molecule has 0 saturated carbocycles. The first kappa shape index (κ1) is 9.01. The van der Waals surface area contributed by atoms with Gasteiger partial charge < -0.3 is 10.5 Å². The fraction of sp³-hybridized carbons (Fsp3) is 1.00. The molecule has 2 unspecified atom stereocenters. The molecule has 0 radical (unpaired) electrons. The lowest BCUT2D eigenvalue weighted by Crippen LogP contribution is -2.62. The molecule has 0 spiro atoms. The molecule has 0 aromatic carbocycles. The van der Waals surface area contributed by atoms with Gasteiger partial charge in [0.2, 0.25) is 0 Å². The van der Waals surface area contributed by atoms with Crippen LogP contribution in [0.3, 0.4) is 0 Å². The van der Waals surface area contributed by atoms with Crippen LogP contribution >= 0.6 is 0 Å². The van der Waals surface area contributed by atoms with Crippen molar-refractivity contribution in [3.05, 3.63) is 0 Å². The Morgan fingerprint density at radius 3 is 1.55 bits per heavy atom. The Balaban J connectivity index is 2.38. The lowest BCUT2D eigenvalue weighted by atomic mass is 9.85. The second-order valence-electron chi connectivity index (χ2n) is 4.13. The highest BCUT2D eigenvalue weighted by molar-refractivity contribution is 4.94. The lowest BCUT2D eigenvalue weighted by molar-refractivity contribution is -0.180. The highest BCUT2D eigenvalue weighted by Crippen LogP contribution is 2.30. The van der Waals surface area contributed by atoms with Gasteiger partial charge in [0.15, 0.2) is 0 Å². The Bertz CT molecular complexity index is 120. The molecule has 0 aliphatic carbocycles. The molecule has 2 nitrogen and oxygen atoms in total. The number of ether oxygens (including phenoxy) is 1. The topological polar surface area (TPSA) is 35.2 Å². The molecule has 0 amide bonds. The van der Waals surface area contributed by atoms with E-state index >= 15 is 0 Å². The van der Waals surface area contributed by atoms with Crippen molar-refractivity contribution in [1.29, 1.82) is 0 Å². The summed E-state index contributed by atoms with van der Waals surface area (Å²) in [5.74, 6) is 1.11. The summed E-state index contributed by atoms with van der Waals surface area (Å²) >= 11 is 0. The molecule has 2 heteroatoms. The zero-order valence-corrected chi connectivity index (χ0v) is 7.87. The molecule has 1 aliphatic heterocycles. The molecular weight excluding hydrogens is 138 g/mol. The highest BCUT2D eigenvalue weighted by Gasteiger charge is 2.42. The van der Waals surface area contributed by atoms with Gasteiger partial charge in [-0.1, -0.05) is 27.7 Å². The molecule has 0 aromatic rings. The van der Waals surface area contributed by atoms with E-state index in [9.17, 15) is 0 Å². The van der Waals surface area contributed by atoms with Gasteiger partial charge in [-0.2, -0.15) is 0 Å². The standard InChI is InChI=1S/C9H19NO/c1-5(2)8-7(10)9(11-8)6(3)4/h5-9H,10H2,1-4H3. The third-order valence-electron chi connectivity index (χ3n) is 2.39. The molecule has 2 N–H and O–H groups in total. The SMILES string of the molecule is CC(C)C1OC(C(C)C)C1N. The van der Waals surface area contributed by atoms with Crippen LogP contribution in [0.25, 0.3) is 0 Å². The first-order valence-corrected chi connectivity index (χ1v) is 4.45. The zero-order chi connectivity index (χ0) is 8.59. The number of hydrogen-bond donors (Lipinski definition) is 1. The van der Waals surface area contributed by atoms with Crippen LogP contribution in [0.15, 0.2) is 0 Å². The van der Waals surface area contributed by atoms with Crippen molar-refractivity contribution in [2.75, 3.05) is 0 Å². The summed E-state index contributed by atoms with van der Waals surface area (Å²) in [6, 6.07) is 0.259. The summed E-state index contributed by atoms with van der Waals surface area (Å²) in [4.78, 5) is 0. The summed E-state index contributed by atoms with van der Waals surface area (Å²) in [6.07, 6.45) is 0.588. The van der Waals surface area contributed by atoms with Gasteiger partial charge in [-0.3, -0.25) is 0 Å². The average Bonchev–Trinajstić information content (AvgIpc) is 1.82. The van der Waals surface area contributed by atoms with Gasteiger partial charge in [0.05, 0.1) is 18.2 Å². The summed E-state index contributed by atoms with van der Waals surface area (Å²) in [6.45, 7) is 8.62. The Morgan fingerprint density at radius 1 is 1.00 bits per heavy atom. The number of rotatable bonds is 2. The molecule has 1 heterocycles. The summed E-state index contributed by atoms with van der Waals surface area (Å²) in [5, 5.41) is 0. The van der Waals surface area contributed by atoms with Gasteiger partial charge in [-0.05, 0) is 11.8 Å². The smallest absolute Gasteiger partial charge is 0.0778 e. The van der Waals surface area contributed by atoms with E-state index in [0.29, 0.717) is 24.0 Å². The average molecular weight is 157 g/mol. The third kappa shape index (κ3) is 1.57. The van der Waals surface area contributed by atoms with E-state index in [4.69, 9.17) is 10.5 Å². The van der Waals surface area contributed by atoms with E-state index in [1.54, 1.807) is 0 Å². The van der Waals surface area contributed by atoms with Crippen LogP contribution in [-0.2, 0) is 4.74 Å². The maximum atomic E-state index is 5.94. The van der Waals surface area contributed by atoms with Crippen LogP contribution in [0.4, 0.5) is 0 Å². The molecule has 1 fully saturated rings. The fourth-order valence-electron chi connectivity index (χ4n) is 1.66. The molecule has 66 valence electrons. The molecular formula is C9H19NO. The Labute approximate surface area is 69.1 Å². The number of nitrogens with two attached hydrogens (primary N) is 1. The summed E-state index contributed by atoms with van der Waals surface area (Å²) < 4.78 is 5.65. The molecule has 2 atom stereocenters. The molecule has 11 heavy (non-hydrogen) atoms. The predicted octanol–water partition coefficient (Wildman–Crippen LogP) is 1.39. The molecule has 0 aromatic heterocycles. The second-order valence-corrected chi connectivity index (χ2v) is 4.13. The Morgan fingerprint density at radius 2 is 1.36 bits per heavy atom. The van der Waals surface area contributed by atoms with E-state index < -0.39 is 0 Å². The lowest BCUT2D eigenvalue weighted by Gasteiger charge is -2.47. The highest BCUT2D eigenvalue weighted by atomic mass is 16.5. The second kappa shape index (κ2) is 3.11. The molecule has 1 rings (SSSR count). The van der Waals surface area contributed by atoms with E-state index in [1.807, 2.05) is 0 Å². The Kier molecular flexibility index (Phi) is 2.55. The van der Waals surface area contributed by atoms with Crippen molar-refractivity contribution in [1.82, 2.24) is 0 Å². The molecule has 0 bridgehead atoms. The minimum absolute atomic E-state index is 0.259. The van der Waals surface area contributed by atoms with Crippen LogP contribution < -0.4 is 5.73 Å². The maximum Gasteiger partial charge on any atom is 0.0778 e. The fourth-order valence-corrected chi connectivity index (χ4v) is 1.66. The minimum Gasteiger partial charge on any atom is -0.371 e. The van der Waals surface area contributed by atoms with Crippen LogP contribution in [-0.4, -0.2) is 18.2 Å². The van der Waals surface area contributed by atoms with Crippen LogP contribution in [0.1, 0.15) is 27.7 Å². The van der Waals surface area contributed by atoms with Crippen molar-refractivity contribution in [3.63, 3.8) is 0 Å². The first-order valence-electron chi connectivity index (χ1n) is 4.45. The number of hydrogen-bond acceptors (Lipinski definition) is 2. The maximum absolute atomic E-state index is 5.94. The van der Waals surface area contributed by atoms with Gasteiger partial charge in [-0.25, -0.2) is 0 Å². The summed E-state index contributed by atoms with van der Waals surface area (Å²) in [7, 11) is 0. The van der Waals surface area contributed by atoms with Gasteiger partial charge in [-0.15, -0.1) is 0 Å². The third-order valence-corrected chi connectivity index (χ3v) is 2.39. The first-order chi connectivity index (χ1) is 5.04. The van der Waals surface area contributed by atoms with Gasteiger partial charge in [0.1, 0.15) is 0 Å². The van der Waals surface area contributed by atoms with Crippen molar-refractivity contribution >= 4 is 0 Å². The van der Waals surface area contributed by atoms with Crippen molar-refractivity contribution in [2.45, 2.75) is 45.9 Å². The van der Waals surface area contributed by atoms with Gasteiger partial charge in [0.25, 0.3) is 0 Å². The normalized spacial score (nSPS) is 37.9. The quantitative estimate of drug-likeness (QED) is 0.657.